The Morgan fingerprint density at radius 2 is 1.95 bits per heavy atom. The zero-order valence-corrected chi connectivity index (χ0v) is 11.4. The lowest BCUT2D eigenvalue weighted by molar-refractivity contribution is -0.152. The van der Waals surface area contributed by atoms with Gasteiger partial charge in [0.1, 0.15) is 11.5 Å². The highest BCUT2D eigenvalue weighted by atomic mass is 35.5. The van der Waals surface area contributed by atoms with Gasteiger partial charge in [-0.2, -0.15) is 0 Å². The molecule has 0 aliphatic rings. The molecule has 0 spiro atoms. The van der Waals surface area contributed by atoms with E-state index in [1.54, 1.807) is 0 Å². The van der Waals surface area contributed by atoms with E-state index < -0.39 is 17.5 Å². The summed E-state index contributed by atoms with van der Waals surface area (Å²) in [5.74, 6) is -2.05. The first kappa shape index (κ1) is 15.1. The zero-order chi connectivity index (χ0) is 14.8. The number of amides is 1. The number of ether oxygens (including phenoxy) is 1. The minimum absolute atomic E-state index is 0.0146. The van der Waals surface area contributed by atoms with Crippen LogP contribution >= 0.6 is 11.6 Å². The number of carboxylic acid groups (broad SMARTS) is 1. The largest absolute Gasteiger partial charge is 0.507 e. The molecule has 6 nitrogen and oxygen atoms in total. The quantitative estimate of drug-likeness (QED) is 0.782. The van der Waals surface area contributed by atoms with E-state index >= 15 is 0 Å². The van der Waals surface area contributed by atoms with Crippen LogP contribution in [0.3, 0.4) is 0 Å². The molecule has 0 aliphatic heterocycles. The van der Waals surface area contributed by atoms with E-state index in [4.69, 9.17) is 21.4 Å². The second-order valence-electron chi connectivity index (χ2n) is 4.30. The van der Waals surface area contributed by atoms with Crippen LogP contribution in [0.4, 0.5) is 0 Å². The number of nitrogens with one attached hydrogen (secondary N) is 1. The maximum Gasteiger partial charge on any atom is 0.347 e. The Balaban J connectivity index is 3.16. The molecule has 0 atom stereocenters. The van der Waals surface area contributed by atoms with Crippen molar-refractivity contribution in [2.45, 2.75) is 19.4 Å². The van der Waals surface area contributed by atoms with Gasteiger partial charge >= 0.3 is 5.97 Å². The molecule has 0 radical (unpaired) electrons. The summed E-state index contributed by atoms with van der Waals surface area (Å²) in [5.41, 5.74) is -1.53. The van der Waals surface area contributed by atoms with Crippen LogP contribution in [0.15, 0.2) is 12.1 Å². The van der Waals surface area contributed by atoms with Gasteiger partial charge in [-0.3, -0.25) is 4.79 Å². The summed E-state index contributed by atoms with van der Waals surface area (Å²) >= 11 is 5.90. The Morgan fingerprint density at radius 3 is 2.42 bits per heavy atom. The van der Waals surface area contributed by atoms with Crippen LogP contribution < -0.4 is 10.1 Å². The van der Waals surface area contributed by atoms with Gasteiger partial charge in [-0.25, -0.2) is 4.79 Å². The Hall–Kier alpha value is -1.95. The number of benzene rings is 1. The number of phenols is 1. The van der Waals surface area contributed by atoms with Crippen molar-refractivity contribution in [3.8, 4) is 11.5 Å². The van der Waals surface area contributed by atoms with Gasteiger partial charge in [0.25, 0.3) is 5.91 Å². The first-order chi connectivity index (χ1) is 8.69. The average molecular weight is 288 g/mol. The lowest BCUT2D eigenvalue weighted by atomic mass is 10.1. The normalized spacial score (nSPS) is 10.9. The van der Waals surface area contributed by atoms with Gasteiger partial charge in [0.15, 0.2) is 5.60 Å². The van der Waals surface area contributed by atoms with Crippen molar-refractivity contribution >= 4 is 23.5 Å². The molecule has 104 valence electrons. The summed E-state index contributed by atoms with van der Waals surface area (Å²) in [4.78, 5) is 22.4. The van der Waals surface area contributed by atoms with E-state index in [1.807, 2.05) is 0 Å². The average Bonchev–Trinajstić information content (AvgIpc) is 2.31. The van der Waals surface area contributed by atoms with Gasteiger partial charge in [0.05, 0.1) is 10.6 Å². The van der Waals surface area contributed by atoms with Crippen LogP contribution in [0.25, 0.3) is 0 Å². The number of carbonyl (C=O) groups is 2. The summed E-state index contributed by atoms with van der Waals surface area (Å²) in [5, 5.41) is 21.0. The second kappa shape index (κ2) is 5.36. The molecule has 0 saturated carbocycles. The number of phenolic OH excluding ortho intramolecular Hbond substituents is 1. The van der Waals surface area contributed by atoms with Crippen molar-refractivity contribution in [1.82, 2.24) is 5.32 Å². The molecular weight excluding hydrogens is 274 g/mol. The van der Waals surface area contributed by atoms with E-state index in [-0.39, 0.29) is 22.1 Å². The van der Waals surface area contributed by atoms with E-state index in [0.29, 0.717) is 0 Å². The molecule has 0 fully saturated rings. The number of hydrogen-bond acceptors (Lipinski definition) is 4. The van der Waals surface area contributed by atoms with E-state index in [1.165, 1.54) is 27.0 Å². The maximum absolute atomic E-state index is 11.4. The van der Waals surface area contributed by atoms with Crippen molar-refractivity contribution in [1.29, 1.82) is 0 Å². The first-order valence-corrected chi connectivity index (χ1v) is 5.74. The molecule has 1 rings (SSSR count). The minimum Gasteiger partial charge on any atom is -0.507 e. The molecule has 1 aromatic rings. The fraction of sp³-hybridized carbons (Fsp3) is 0.333. The van der Waals surface area contributed by atoms with Crippen LogP contribution in [0, 0.1) is 0 Å². The van der Waals surface area contributed by atoms with Gasteiger partial charge in [-0.05, 0) is 19.9 Å². The Labute approximate surface area is 114 Å². The van der Waals surface area contributed by atoms with Crippen LogP contribution in [-0.2, 0) is 4.79 Å². The summed E-state index contributed by atoms with van der Waals surface area (Å²) < 4.78 is 5.22. The molecule has 19 heavy (non-hydrogen) atoms. The highest BCUT2D eigenvalue weighted by molar-refractivity contribution is 6.32. The van der Waals surface area contributed by atoms with Gasteiger partial charge in [-0.15, -0.1) is 0 Å². The highest BCUT2D eigenvalue weighted by Crippen LogP contribution is 2.34. The molecule has 7 heteroatoms. The van der Waals surface area contributed by atoms with Gasteiger partial charge in [-0.1, -0.05) is 11.6 Å². The highest BCUT2D eigenvalue weighted by Gasteiger charge is 2.30. The smallest absolute Gasteiger partial charge is 0.347 e. The summed E-state index contributed by atoms with van der Waals surface area (Å²) in [7, 11) is 1.41. The standard InChI is InChI=1S/C12H14ClNO5/c1-12(2,11(17)18)19-9-5-8(15)6(4-7(9)13)10(16)14-3/h4-5,15H,1-3H3,(H,14,16)(H,17,18). The van der Waals surface area contributed by atoms with Gasteiger partial charge in [0, 0.05) is 13.1 Å². The van der Waals surface area contributed by atoms with Crippen LogP contribution in [0.2, 0.25) is 5.02 Å². The lowest BCUT2D eigenvalue weighted by Crippen LogP contribution is -2.38. The molecule has 1 aromatic carbocycles. The van der Waals surface area contributed by atoms with E-state index in [2.05, 4.69) is 5.32 Å². The number of carboxylic acids is 1. The van der Waals surface area contributed by atoms with Crippen molar-refractivity contribution in [2.24, 2.45) is 0 Å². The molecule has 0 heterocycles. The third-order valence-electron chi connectivity index (χ3n) is 2.40. The number of aromatic hydroxyl groups is 1. The van der Waals surface area contributed by atoms with Crippen molar-refractivity contribution in [2.75, 3.05) is 7.05 Å². The van der Waals surface area contributed by atoms with E-state index in [9.17, 15) is 14.7 Å². The van der Waals surface area contributed by atoms with Crippen molar-refractivity contribution in [3.63, 3.8) is 0 Å². The third-order valence-corrected chi connectivity index (χ3v) is 2.70. The summed E-state index contributed by atoms with van der Waals surface area (Å²) in [6.07, 6.45) is 0. The monoisotopic (exact) mass is 287 g/mol. The first-order valence-electron chi connectivity index (χ1n) is 5.36. The number of rotatable bonds is 4. The van der Waals surface area contributed by atoms with Gasteiger partial charge in [0.2, 0.25) is 0 Å². The number of hydrogen-bond donors (Lipinski definition) is 3. The fourth-order valence-electron chi connectivity index (χ4n) is 1.26. The van der Waals surface area contributed by atoms with Crippen LogP contribution in [-0.4, -0.2) is 34.7 Å². The molecule has 0 aromatic heterocycles. The molecule has 1 amide bonds. The maximum atomic E-state index is 11.4. The summed E-state index contributed by atoms with van der Waals surface area (Å²) in [6.45, 7) is 2.69. The van der Waals surface area contributed by atoms with Crippen molar-refractivity contribution < 1.29 is 24.5 Å². The van der Waals surface area contributed by atoms with Crippen LogP contribution in [0.1, 0.15) is 24.2 Å². The Morgan fingerprint density at radius 1 is 1.37 bits per heavy atom. The molecule has 0 bridgehead atoms. The predicted octanol–water partition coefficient (Wildman–Crippen LogP) is 1.65. The third kappa shape index (κ3) is 3.29. The van der Waals surface area contributed by atoms with E-state index in [0.717, 1.165) is 6.07 Å². The molecule has 0 saturated heterocycles. The predicted molar refractivity (Wildman–Crippen MR) is 68.8 cm³/mol. The molecule has 3 N–H and O–H groups in total. The Bertz CT molecular complexity index is 527. The Kier molecular flexibility index (Phi) is 4.26. The molecule has 0 unspecified atom stereocenters. The zero-order valence-electron chi connectivity index (χ0n) is 10.7. The molecule has 0 aliphatic carbocycles. The minimum atomic E-state index is -1.51. The fourth-order valence-corrected chi connectivity index (χ4v) is 1.46. The van der Waals surface area contributed by atoms with Gasteiger partial charge < -0.3 is 20.3 Å². The van der Waals surface area contributed by atoms with Crippen molar-refractivity contribution in [3.05, 3.63) is 22.7 Å². The topological polar surface area (TPSA) is 95.9 Å². The lowest BCUT2D eigenvalue weighted by Gasteiger charge is -2.22. The summed E-state index contributed by atoms with van der Waals surface area (Å²) in [6, 6.07) is 2.32. The molecular formula is C12H14ClNO5. The second-order valence-corrected chi connectivity index (χ2v) is 4.70. The number of aliphatic carboxylic acids is 1. The SMILES string of the molecule is CNC(=O)c1cc(Cl)c(OC(C)(C)C(=O)O)cc1O. The number of halogens is 1. The van der Waals surface area contributed by atoms with Crippen LogP contribution in [0.5, 0.6) is 11.5 Å². The number of carbonyl (C=O) groups excluding carboxylic acids is 1.